The Labute approximate surface area is 295 Å². The van der Waals surface area contributed by atoms with Crippen molar-refractivity contribution in [1.82, 2.24) is 0 Å². The molecule has 11 nitrogen and oxygen atoms in total. The molecule has 1 aliphatic rings. The molecule has 0 aromatic rings. The van der Waals surface area contributed by atoms with Gasteiger partial charge in [0.15, 0.2) is 18.5 Å². The molecule has 286 valence electrons. The zero-order valence-corrected chi connectivity index (χ0v) is 30.4. The summed E-state index contributed by atoms with van der Waals surface area (Å²) in [5.41, 5.74) is 0. The molecule has 1 rings (SSSR count). The fourth-order valence-corrected chi connectivity index (χ4v) is 5.76. The molecule has 1 fully saturated rings. The third-order valence-electron chi connectivity index (χ3n) is 8.85. The molecule has 49 heavy (non-hydrogen) atoms. The van der Waals surface area contributed by atoms with Gasteiger partial charge in [0.1, 0.15) is 24.9 Å². The minimum absolute atomic E-state index is 0.186. The minimum Gasteiger partial charge on any atom is -0.479 e. The zero-order chi connectivity index (χ0) is 36.1. The second-order valence-corrected chi connectivity index (χ2v) is 13.4. The van der Waals surface area contributed by atoms with Crippen molar-refractivity contribution in [2.45, 2.75) is 198 Å². The van der Waals surface area contributed by atoms with Crippen molar-refractivity contribution in [2.24, 2.45) is 0 Å². The SMILES string of the molecule is CCC/C=C\CCCCCCCC(=O)OCC(COC1OC(C(=O)O)C(O)C(O)C1O)OC(=O)CCCCCCCCCCCCCCC. The molecule has 1 heterocycles. The fraction of sp³-hybridized carbons (Fsp3) is 0.868. The second-order valence-electron chi connectivity index (χ2n) is 13.4. The molecule has 0 bridgehead atoms. The molecule has 11 heteroatoms. The first-order chi connectivity index (χ1) is 23.7. The zero-order valence-electron chi connectivity index (χ0n) is 30.4. The van der Waals surface area contributed by atoms with Crippen LogP contribution >= 0.6 is 0 Å². The molecule has 1 aliphatic heterocycles. The fourth-order valence-electron chi connectivity index (χ4n) is 5.76. The Kier molecular flexibility index (Phi) is 27.2. The molecule has 1 saturated heterocycles. The van der Waals surface area contributed by atoms with Crippen molar-refractivity contribution in [3.63, 3.8) is 0 Å². The highest BCUT2D eigenvalue weighted by Crippen LogP contribution is 2.23. The Morgan fingerprint density at radius 3 is 1.67 bits per heavy atom. The van der Waals surface area contributed by atoms with Crippen LogP contribution in [0.5, 0.6) is 0 Å². The van der Waals surface area contributed by atoms with E-state index in [1.807, 2.05) is 0 Å². The summed E-state index contributed by atoms with van der Waals surface area (Å²) in [4.78, 5) is 36.5. The highest BCUT2D eigenvalue weighted by molar-refractivity contribution is 5.73. The van der Waals surface area contributed by atoms with Crippen LogP contribution in [0.3, 0.4) is 0 Å². The van der Waals surface area contributed by atoms with Crippen LogP contribution in [0, 0.1) is 0 Å². The lowest BCUT2D eigenvalue weighted by molar-refractivity contribution is -0.298. The minimum atomic E-state index is -1.86. The van der Waals surface area contributed by atoms with Gasteiger partial charge in [0, 0.05) is 12.8 Å². The topological polar surface area (TPSA) is 169 Å². The van der Waals surface area contributed by atoms with E-state index >= 15 is 0 Å². The average molecular weight is 701 g/mol. The Bertz CT molecular complexity index is 880. The summed E-state index contributed by atoms with van der Waals surface area (Å²) in [7, 11) is 0. The van der Waals surface area contributed by atoms with Gasteiger partial charge in [0.2, 0.25) is 0 Å². The van der Waals surface area contributed by atoms with Crippen LogP contribution in [0.1, 0.15) is 162 Å². The number of esters is 2. The first kappa shape index (κ1) is 45.0. The first-order valence-corrected chi connectivity index (χ1v) is 19.2. The smallest absolute Gasteiger partial charge is 0.335 e. The number of aliphatic hydroxyl groups excluding tert-OH is 3. The summed E-state index contributed by atoms with van der Waals surface area (Å²) in [6.45, 7) is 3.72. The molecule has 6 unspecified atom stereocenters. The molecule has 0 spiro atoms. The largest absolute Gasteiger partial charge is 0.479 e. The van der Waals surface area contributed by atoms with E-state index in [-0.39, 0.29) is 26.1 Å². The molecule has 0 radical (unpaired) electrons. The predicted molar refractivity (Wildman–Crippen MR) is 188 cm³/mol. The van der Waals surface area contributed by atoms with Gasteiger partial charge in [-0.2, -0.15) is 0 Å². The summed E-state index contributed by atoms with van der Waals surface area (Å²) >= 11 is 0. The van der Waals surface area contributed by atoms with Crippen molar-refractivity contribution in [3.05, 3.63) is 12.2 Å². The maximum atomic E-state index is 12.7. The normalized spacial score (nSPS) is 21.5. The molecule has 0 amide bonds. The van der Waals surface area contributed by atoms with Crippen LogP contribution in [-0.4, -0.2) is 88.4 Å². The number of ether oxygens (including phenoxy) is 4. The number of aliphatic carboxylic acids is 1. The Hall–Kier alpha value is -2.05. The number of carbonyl (C=O) groups is 3. The first-order valence-electron chi connectivity index (χ1n) is 19.2. The van der Waals surface area contributed by atoms with Crippen LogP contribution in [0.4, 0.5) is 0 Å². The summed E-state index contributed by atoms with van der Waals surface area (Å²) in [6, 6.07) is 0. The number of unbranched alkanes of at least 4 members (excludes halogenated alkanes) is 18. The molecular weight excluding hydrogens is 632 g/mol. The Balaban J connectivity index is 2.45. The van der Waals surface area contributed by atoms with Crippen LogP contribution in [-0.2, 0) is 33.3 Å². The lowest BCUT2D eigenvalue weighted by Gasteiger charge is -2.38. The van der Waals surface area contributed by atoms with Crippen molar-refractivity contribution in [3.8, 4) is 0 Å². The summed E-state index contributed by atoms with van der Waals surface area (Å²) in [6.07, 6.45) is 18.5. The van der Waals surface area contributed by atoms with Crippen LogP contribution in [0.2, 0.25) is 0 Å². The third-order valence-corrected chi connectivity index (χ3v) is 8.85. The quantitative estimate of drug-likeness (QED) is 0.0337. The van der Waals surface area contributed by atoms with Gasteiger partial charge in [0.25, 0.3) is 0 Å². The number of carboxylic acids is 1. The molecule has 0 aromatic carbocycles. The van der Waals surface area contributed by atoms with Crippen molar-refractivity contribution >= 4 is 17.9 Å². The van der Waals surface area contributed by atoms with E-state index in [2.05, 4.69) is 26.0 Å². The standard InChI is InChI=1S/C38H68O11/c1-3-5-7-9-11-13-15-16-17-19-21-23-25-27-32(40)48-30(29-47-38-35(43)33(41)34(42)36(49-38)37(44)45)28-46-31(39)26-24-22-20-18-14-12-10-8-6-4-2/h8,10,30,33-36,38,41-43H,3-7,9,11-29H2,1-2H3,(H,44,45)/b10-8-. The maximum absolute atomic E-state index is 12.7. The van der Waals surface area contributed by atoms with Crippen molar-refractivity contribution in [2.75, 3.05) is 13.2 Å². The van der Waals surface area contributed by atoms with Crippen molar-refractivity contribution < 1.29 is 53.8 Å². The van der Waals surface area contributed by atoms with Gasteiger partial charge in [0.05, 0.1) is 6.61 Å². The molecule has 0 aliphatic carbocycles. The number of hydrogen-bond acceptors (Lipinski definition) is 10. The molecule has 0 saturated carbocycles. The number of aliphatic hydroxyl groups is 3. The summed E-state index contributed by atoms with van der Waals surface area (Å²) in [5, 5.41) is 39.6. The van der Waals surface area contributed by atoms with Gasteiger partial charge >= 0.3 is 17.9 Å². The summed E-state index contributed by atoms with van der Waals surface area (Å²) in [5.74, 6) is -2.45. The van der Waals surface area contributed by atoms with Gasteiger partial charge < -0.3 is 39.4 Å². The van der Waals surface area contributed by atoms with E-state index in [1.54, 1.807) is 0 Å². The highest BCUT2D eigenvalue weighted by atomic mass is 16.7. The lowest BCUT2D eigenvalue weighted by atomic mass is 9.99. The van der Waals surface area contributed by atoms with E-state index in [1.165, 1.54) is 57.8 Å². The summed E-state index contributed by atoms with van der Waals surface area (Å²) < 4.78 is 21.6. The molecule has 6 atom stereocenters. The monoisotopic (exact) mass is 700 g/mol. The van der Waals surface area contributed by atoms with Gasteiger partial charge in [-0.05, 0) is 32.1 Å². The average Bonchev–Trinajstić information content (AvgIpc) is 3.08. The highest BCUT2D eigenvalue weighted by Gasteiger charge is 2.47. The van der Waals surface area contributed by atoms with Crippen LogP contribution in [0.15, 0.2) is 12.2 Å². The second kappa shape index (κ2) is 29.7. The molecular formula is C38H68O11. The van der Waals surface area contributed by atoms with Crippen molar-refractivity contribution in [1.29, 1.82) is 0 Å². The Morgan fingerprint density at radius 2 is 1.12 bits per heavy atom. The number of carbonyl (C=O) groups excluding carboxylic acids is 2. The Morgan fingerprint density at radius 1 is 0.612 bits per heavy atom. The van der Waals surface area contributed by atoms with E-state index in [4.69, 9.17) is 18.9 Å². The molecule has 0 aromatic heterocycles. The van der Waals surface area contributed by atoms with E-state index in [0.717, 1.165) is 64.2 Å². The maximum Gasteiger partial charge on any atom is 0.335 e. The lowest BCUT2D eigenvalue weighted by Crippen LogP contribution is -2.60. The van der Waals surface area contributed by atoms with E-state index in [0.29, 0.717) is 12.8 Å². The van der Waals surface area contributed by atoms with E-state index < -0.39 is 54.7 Å². The number of hydrogen-bond donors (Lipinski definition) is 4. The van der Waals surface area contributed by atoms with Crippen LogP contribution in [0.25, 0.3) is 0 Å². The van der Waals surface area contributed by atoms with Crippen LogP contribution < -0.4 is 0 Å². The van der Waals surface area contributed by atoms with Gasteiger partial charge in [-0.15, -0.1) is 0 Å². The van der Waals surface area contributed by atoms with Gasteiger partial charge in [-0.3, -0.25) is 9.59 Å². The van der Waals surface area contributed by atoms with Gasteiger partial charge in [-0.25, -0.2) is 4.79 Å². The van der Waals surface area contributed by atoms with E-state index in [9.17, 15) is 34.8 Å². The third kappa shape index (κ3) is 22.4. The van der Waals surface area contributed by atoms with Gasteiger partial charge in [-0.1, -0.05) is 129 Å². The number of carboxylic acid groups (broad SMARTS) is 1. The molecule has 4 N–H and O–H groups in total. The number of allylic oxidation sites excluding steroid dienone is 2. The predicted octanol–water partition coefficient (Wildman–Crippen LogP) is 6.92. The number of rotatable bonds is 31.